The van der Waals surface area contributed by atoms with E-state index in [1.165, 1.54) is 6.07 Å². The van der Waals surface area contributed by atoms with E-state index < -0.39 is 0 Å². The molecular formula is C13H16FN5. The fourth-order valence-corrected chi connectivity index (χ4v) is 1.75. The summed E-state index contributed by atoms with van der Waals surface area (Å²) in [7, 11) is 0. The molecule has 19 heavy (non-hydrogen) atoms. The summed E-state index contributed by atoms with van der Waals surface area (Å²) in [6.45, 7) is 5.46. The van der Waals surface area contributed by atoms with Crippen molar-refractivity contribution in [2.75, 3.05) is 10.7 Å². The highest BCUT2D eigenvalue weighted by atomic mass is 19.1. The van der Waals surface area contributed by atoms with Gasteiger partial charge in [0.15, 0.2) is 0 Å². The second-order valence-corrected chi connectivity index (χ2v) is 4.35. The smallest absolute Gasteiger partial charge is 0.148 e. The number of aryl methyl sites for hydroxylation is 2. The number of nitrogens with zero attached hydrogens (tertiary/aromatic N) is 2. The number of nitrogens with one attached hydrogen (secondary N) is 2. The summed E-state index contributed by atoms with van der Waals surface area (Å²) in [4.78, 5) is 8.42. The molecule has 0 saturated carbocycles. The molecule has 1 aromatic carbocycles. The van der Waals surface area contributed by atoms with Crippen LogP contribution in [0.1, 0.15) is 17.0 Å². The van der Waals surface area contributed by atoms with Crippen LogP contribution in [0.15, 0.2) is 18.2 Å². The zero-order chi connectivity index (χ0) is 14.0. The number of hydrazine groups is 1. The molecule has 0 aliphatic carbocycles. The van der Waals surface area contributed by atoms with Gasteiger partial charge in [0.1, 0.15) is 23.3 Å². The van der Waals surface area contributed by atoms with Gasteiger partial charge in [0.05, 0.1) is 5.69 Å². The molecule has 0 atom stereocenters. The molecule has 2 rings (SSSR count). The first-order valence-corrected chi connectivity index (χ1v) is 5.86. The topological polar surface area (TPSA) is 75.9 Å². The molecule has 1 aromatic heterocycles. The zero-order valence-corrected chi connectivity index (χ0v) is 11.1. The molecule has 0 amide bonds. The normalized spacial score (nSPS) is 10.4. The predicted molar refractivity (Wildman–Crippen MR) is 73.7 cm³/mol. The van der Waals surface area contributed by atoms with Gasteiger partial charge in [0.2, 0.25) is 0 Å². The minimum Gasteiger partial charge on any atom is -0.337 e. The molecule has 100 valence electrons. The maximum Gasteiger partial charge on any atom is 0.148 e. The van der Waals surface area contributed by atoms with Crippen LogP contribution >= 0.6 is 0 Å². The molecule has 4 N–H and O–H groups in total. The van der Waals surface area contributed by atoms with Crippen LogP contribution in [0.3, 0.4) is 0 Å². The van der Waals surface area contributed by atoms with Crippen LogP contribution in [0.2, 0.25) is 0 Å². The highest BCUT2D eigenvalue weighted by molar-refractivity contribution is 5.65. The number of rotatable bonds is 3. The minimum atomic E-state index is -0.330. The molecule has 2 aromatic rings. The average molecular weight is 261 g/mol. The molecule has 0 unspecified atom stereocenters. The minimum absolute atomic E-state index is 0.330. The fraction of sp³-hybridized carbons (Fsp3) is 0.231. The second kappa shape index (κ2) is 5.19. The van der Waals surface area contributed by atoms with E-state index in [1.54, 1.807) is 19.1 Å². The molecule has 6 heteroatoms. The van der Waals surface area contributed by atoms with Crippen molar-refractivity contribution < 1.29 is 4.39 Å². The lowest BCUT2D eigenvalue weighted by atomic mass is 10.2. The Morgan fingerprint density at radius 2 is 1.79 bits per heavy atom. The highest BCUT2D eigenvalue weighted by Crippen LogP contribution is 2.25. The summed E-state index contributed by atoms with van der Waals surface area (Å²) in [6, 6.07) is 4.86. The molecule has 0 bridgehead atoms. The summed E-state index contributed by atoms with van der Waals surface area (Å²) in [5.74, 6) is 6.66. The van der Waals surface area contributed by atoms with Crippen LogP contribution in [-0.4, -0.2) is 9.97 Å². The van der Waals surface area contributed by atoms with Gasteiger partial charge in [-0.1, -0.05) is 6.07 Å². The molecule has 0 aliphatic heterocycles. The van der Waals surface area contributed by atoms with Crippen molar-refractivity contribution in [3.05, 3.63) is 41.0 Å². The number of benzene rings is 1. The van der Waals surface area contributed by atoms with Crippen molar-refractivity contribution in [3.63, 3.8) is 0 Å². The molecule has 1 heterocycles. The highest BCUT2D eigenvalue weighted by Gasteiger charge is 2.10. The van der Waals surface area contributed by atoms with Crippen molar-refractivity contribution >= 4 is 17.3 Å². The number of nitrogens with two attached hydrogens (primary N) is 1. The van der Waals surface area contributed by atoms with Gasteiger partial charge in [0, 0.05) is 5.56 Å². The van der Waals surface area contributed by atoms with Crippen LogP contribution < -0.4 is 16.6 Å². The molecule has 0 fully saturated rings. The first kappa shape index (κ1) is 13.2. The van der Waals surface area contributed by atoms with E-state index in [1.807, 2.05) is 13.8 Å². The van der Waals surface area contributed by atoms with E-state index >= 15 is 0 Å². The summed E-state index contributed by atoms with van der Waals surface area (Å²) in [5, 5.41) is 2.98. The van der Waals surface area contributed by atoms with Gasteiger partial charge in [-0.15, -0.1) is 0 Å². The van der Waals surface area contributed by atoms with Crippen molar-refractivity contribution in [1.29, 1.82) is 0 Å². The Kier molecular flexibility index (Phi) is 3.62. The molecule has 0 radical (unpaired) electrons. The number of hydrogen-bond acceptors (Lipinski definition) is 5. The van der Waals surface area contributed by atoms with Gasteiger partial charge >= 0.3 is 0 Å². The van der Waals surface area contributed by atoms with Crippen molar-refractivity contribution in [1.82, 2.24) is 9.97 Å². The second-order valence-electron chi connectivity index (χ2n) is 4.35. The lowest BCUT2D eigenvalue weighted by Crippen LogP contribution is -2.13. The fourth-order valence-electron chi connectivity index (χ4n) is 1.75. The Hall–Kier alpha value is -2.21. The largest absolute Gasteiger partial charge is 0.337 e. The van der Waals surface area contributed by atoms with E-state index in [2.05, 4.69) is 20.7 Å². The third kappa shape index (κ3) is 2.79. The Bertz CT molecular complexity index is 612. The number of hydrogen-bond donors (Lipinski definition) is 3. The molecule has 0 spiro atoms. The van der Waals surface area contributed by atoms with Crippen molar-refractivity contribution in [2.24, 2.45) is 5.84 Å². The standard InChI is InChI=1S/C13H16FN5/c1-7-4-5-10(14)11(6-7)18-12-8(2)13(19-15)17-9(3)16-12/h4-6H,15H2,1-3H3,(H2,16,17,18,19). The van der Waals surface area contributed by atoms with Gasteiger partial charge in [-0.3, -0.25) is 0 Å². The van der Waals surface area contributed by atoms with Crippen molar-refractivity contribution in [3.8, 4) is 0 Å². The molecule has 0 aliphatic rings. The number of anilines is 3. The molecular weight excluding hydrogens is 245 g/mol. The monoisotopic (exact) mass is 261 g/mol. The predicted octanol–water partition coefficient (Wildman–Crippen LogP) is 2.57. The maximum atomic E-state index is 13.7. The lowest BCUT2D eigenvalue weighted by Gasteiger charge is -2.13. The van der Waals surface area contributed by atoms with Crippen molar-refractivity contribution in [2.45, 2.75) is 20.8 Å². The van der Waals surface area contributed by atoms with Crippen LogP contribution in [0, 0.1) is 26.6 Å². The van der Waals surface area contributed by atoms with Crippen LogP contribution in [0.4, 0.5) is 21.7 Å². The van der Waals surface area contributed by atoms with Crippen LogP contribution in [0.5, 0.6) is 0 Å². The SMILES string of the molecule is Cc1ccc(F)c(Nc2nc(C)nc(NN)c2C)c1. The van der Waals surface area contributed by atoms with Gasteiger partial charge in [0.25, 0.3) is 0 Å². The average Bonchev–Trinajstić information content (AvgIpc) is 2.37. The third-order valence-electron chi connectivity index (χ3n) is 2.77. The first-order valence-electron chi connectivity index (χ1n) is 5.86. The summed E-state index contributed by atoms with van der Waals surface area (Å²) in [5.41, 5.74) is 4.58. The number of aromatic nitrogens is 2. The lowest BCUT2D eigenvalue weighted by molar-refractivity contribution is 0.631. The number of nitrogen functional groups attached to an aromatic ring is 1. The summed E-state index contributed by atoms with van der Waals surface area (Å²) >= 11 is 0. The van der Waals surface area contributed by atoms with E-state index in [4.69, 9.17) is 5.84 Å². The van der Waals surface area contributed by atoms with Gasteiger partial charge in [-0.05, 0) is 38.5 Å². The van der Waals surface area contributed by atoms with E-state index in [9.17, 15) is 4.39 Å². The Morgan fingerprint density at radius 1 is 1.11 bits per heavy atom. The van der Waals surface area contributed by atoms with E-state index in [-0.39, 0.29) is 5.82 Å². The quantitative estimate of drug-likeness (QED) is 0.585. The first-order chi connectivity index (χ1) is 9.01. The third-order valence-corrected chi connectivity index (χ3v) is 2.77. The maximum absolute atomic E-state index is 13.7. The van der Waals surface area contributed by atoms with Crippen LogP contribution in [0.25, 0.3) is 0 Å². The summed E-state index contributed by atoms with van der Waals surface area (Å²) in [6.07, 6.45) is 0. The Labute approximate surface area is 111 Å². The molecule has 0 saturated heterocycles. The molecule has 5 nitrogen and oxygen atoms in total. The van der Waals surface area contributed by atoms with E-state index in [0.29, 0.717) is 23.1 Å². The van der Waals surface area contributed by atoms with Gasteiger partial charge in [-0.25, -0.2) is 20.2 Å². The zero-order valence-electron chi connectivity index (χ0n) is 11.1. The van der Waals surface area contributed by atoms with E-state index in [0.717, 1.165) is 11.1 Å². The van der Waals surface area contributed by atoms with Gasteiger partial charge < -0.3 is 10.7 Å². The van der Waals surface area contributed by atoms with Crippen LogP contribution in [-0.2, 0) is 0 Å². The summed E-state index contributed by atoms with van der Waals surface area (Å²) < 4.78 is 13.7. The number of halogens is 1. The Morgan fingerprint density at radius 3 is 2.47 bits per heavy atom. The Balaban J connectivity index is 2.43. The van der Waals surface area contributed by atoms with Gasteiger partial charge in [-0.2, -0.15) is 0 Å².